The average Bonchev–Trinajstić information content (AvgIpc) is 3.15. The van der Waals surface area contributed by atoms with E-state index in [1.54, 1.807) is 42.5 Å². The molecular weight excluding hydrogens is 358 g/mol. The van der Waals surface area contributed by atoms with Crippen LogP contribution in [0.1, 0.15) is 11.5 Å². The molecule has 132 valence electrons. The molecule has 1 aliphatic carbocycles. The van der Waals surface area contributed by atoms with Crippen molar-refractivity contribution in [2.45, 2.75) is 16.1 Å². The topological polar surface area (TPSA) is 114 Å². The van der Waals surface area contributed by atoms with Crippen LogP contribution in [0.15, 0.2) is 53.4 Å². The van der Waals surface area contributed by atoms with Crippen LogP contribution in [-0.2, 0) is 14.6 Å². The van der Waals surface area contributed by atoms with Crippen molar-refractivity contribution >= 4 is 15.8 Å². The van der Waals surface area contributed by atoms with E-state index in [1.165, 1.54) is 12.1 Å². The monoisotopic (exact) mass is 371 g/mol. The summed E-state index contributed by atoms with van der Waals surface area (Å²) in [7, 11) is -4.02. The van der Waals surface area contributed by atoms with Crippen LogP contribution in [0.4, 0.5) is 0 Å². The van der Waals surface area contributed by atoms with Crippen LogP contribution in [-0.4, -0.2) is 31.5 Å². The van der Waals surface area contributed by atoms with Crippen molar-refractivity contribution in [1.29, 1.82) is 5.26 Å². The van der Waals surface area contributed by atoms with Gasteiger partial charge >= 0.3 is 5.97 Å². The molecule has 0 amide bonds. The number of hydrogen-bond acceptors (Lipinski definition) is 6. The van der Waals surface area contributed by atoms with Gasteiger partial charge in [-0.3, -0.25) is 4.79 Å². The van der Waals surface area contributed by atoms with Crippen molar-refractivity contribution in [3.05, 3.63) is 54.1 Å². The summed E-state index contributed by atoms with van der Waals surface area (Å²) in [6, 6.07) is 14.0. The van der Waals surface area contributed by atoms with Crippen molar-refractivity contribution in [2.24, 2.45) is 5.41 Å². The molecule has 1 N–H and O–H groups in total. The van der Waals surface area contributed by atoms with Crippen LogP contribution in [0.2, 0.25) is 0 Å². The number of carboxylic acid groups (broad SMARTS) is 1. The summed E-state index contributed by atoms with van der Waals surface area (Å²) in [5.74, 6) is -1.55. The molecule has 8 heteroatoms. The Labute approximate surface area is 149 Å². The normalized spacial score (nSPS) is 26.1. The first-order chi connectivity index (χ1) is 12.4. The van der Waals surface area contributed by atoms with E-state index in [2.05, 4.69) is 0 Å². The average molecular weight is 371 g/mol. The van der Waals surface area contributed by atoms with Gasteiger partial charge in [-0.15, -0.1) is 0 Å². The van der Waals surface area contributed by atoms with Gasteiger partial charge in [0.25, 0.3) is 0 Å². The molecule has 0 unspecified atom stereocenters. The van der Waals surface area contributed by atoms with Crippen LogP contribution in [0.25, 0.3) is 0 Å². The molecule has 0 radical (unpaired) electrons. The Morgan fingerprint density at radius 3 is 2.50 bits per heavy atom. The highest BCUT2D eigenvalue weighted by molar-refractivity contribution is 7.92. The molecule has 0 spiro atoms. The van der Waals surface area contributed by atoms with Gasteiger partial charge in [-0.1, -0.05) is 24.3 Å². The Kier molecular flexibility index (Phi) is 3.46. The molecule has 1 saturated carbocycles. The number of aliphatic carboxylic acids is 1. The molecule has 26 heavy (non-hydrogen) atoms. The molecule has 1 fully saturated rings. The van der Waals surface area contributed by atoms with Gasteiger partial charge < -0.3 is 14.6 Å². The van der Waals surface area contributed by atoms with Gasteiger partial charge in [0.1, 0.15) is 5.25 Å². The summed E-state index contributed by atoms with van der Waals surface area (Å²) in [4.78, 5) is 11.9. The highest BCUT2D eigenvalue weighted by atomic mass is 32.2. The lowest BCUT2D eigenvalue weighted by molar-refractivity contribution is -0.141. The fourth-order valence-electron chi connectivity index (χ4n) is 3.52. The molecule has 0 saturated heterocycles. The summed E-state index contributed by atoms with van der Waals surface area (Å²) in [5.41, 5.74) is -1.62. The molecule has 4 rings (SSSR count). The van der Waals surface area contributed by atoms with Gasteiger partial charge in [0.2, 0.25) is 6.79 Å². The standard InChI is InChI=1S/C18H13NO6S/c19-9-18(17(20)21)15(11-6-7-13-14(8-11)25-10-24-13)16(18)26(22,23)12-4-2-1-3-5-12/h1-8,15-16H,10H2,(H,20,21)/t15-,16+,18-/m1/s1. The summed E-state index contributed by atoms with van der Waals surface area (Å²) < 4.78 is 36.5. The zero-order valence-corrected chi connectivity index (χ0v) is 14.1. The van der Waals surface area contributed by atoms with Crippen molar-refractivity contribution in [2.75, 3.05) is 6.79 Å². The molecule has 2 aliphatic rings. The van der Waals surface area contributed by atoms with Crippen molar-refractivity contribution < 1.29 is 27.8 Å². The molecule has 1 heterocycles. The lowest BCUT2D eigenvalue weighted by Gasteiger charge is -2.04. The fourth-order valence-corrected chi connectivity index (χ4v) is 5.79. The van der Waals surface area contributed by atoms with Crippen molar-refractivity contribution in [3.63, 3.8) is 0 Å². The molecule has 2 aromatic carbocycles. The van der Waals surface area contributed by atoms with Crippen molar-refractivity contribution in [1.82, 2.24) is 0 Å². The van der Waals surface area contributed by atoms with Crippen LogP contribution >= 0.6 is 0 Å². The zero-order chi connectivity index (χ0) is 18.5. The number of ether oxygens (including phenoxy) is 2. The number of rotatable bonds is 4. The number of carbonyl (C=O) groups is 1. The van der Waals surface area contributed by atoms with E-state index < -0.39 is 32.4 Å². The van der Waals surface area contributed by atoms with Gasteiger partial charge in [0.05, 0.1) is 11.0 Å². The number of nitriles is 1. The third-order valence-electron chi connectivity index (χ3n) is 4.83. The summed E-state index contributed by atoms with van der Waals surface area (Å²) >= 11 is 0. The number of hydrogen-bond donors (Lipinski definition) is 1. The minimum atomic E-state index is -4.02. The maximum absolute atomic E-state index is 13.0. The predicted molar refractivity (Wildman–Crippen MR) is 88.4 cm³/mol. The molecule has 3 atom stereocenters. The minimum Gasteiger partial charge on any atom is -0.480 e. The van der Waals surface area contributed by atoms with Crippen molar-refractivity contribution in [3.8, 4) is 17.6 Å². The molecular formula is C18H13NO6S. The molecule has 2 aromatic rings. The van der Waals surface area contributed by atoms with Gasteiger partial charge in [-0.2, -0.15) is 5.26 Å². The SMILES string of the molecule is N#C[C@@]1(C(=O)O)[C@H](c2ccc3c(c2)OCO3)[C@@H]1S(=O)(=O)c1ccccc1. The summed E-state index contributed by atoms with van der Waals surface area (Å²) in [6.07, 6.45) is 0. The minimum absolute atomic E-state index is 0.00545. The van der Waals surface area contributed by atoms with Crippen LogP contribution in [0.3, 0.4) is 0 Å². The first-order valence-corrected chi connectivity index (χ1v) is 9.30. The first-order valence-electron chi connectivity index (χ1n) is 7.76. The zero-order valence-electron chi connectivity index (χ0n) is 13.3. The highest BCUT2D eigenvalue weighted by Crippen LogP contribution is 2.64. The van der Waals surface area contributed by atoms with E-state index in [1.807, 2.05) is 0 Å². The van der Waals surface area contributed by atoms with E-state index in [0.29, 0.717) is 17.1 Å². The van der Waals surface area contributed by atoms with E-state index in [0.717, 1.165) is 0 Å². The second-order valence-corrected chi connectivity index (χ2v) is 8.22. The summed E-state index contributed by atoms with van der Waals surface area (Å²) in [5, 5.41) is 17.9. The molecule has 0 bridgehead atoms. The number of sulfone groups is 1. The third-order valence-corrected chi connectivity index (χ3v) is 7.08. The quantitative estimate of drug-likeness (QED) is 0.874. The number of carboxylic acids is 1. The van der Waals surface area contributed by atoms with Crippen LogP contribution < -0.4 is 9.47 Å². The first kappa shape index (κ1) is 16.4. The van der Waals surface area contributed by atoms with E-state index in [9.17, 15) is 23.6 Å². The Morgan fingerprint density at radius 2 is 1.85 bits per heavy atom. The third kappa shape index (κ3) is 2.10. The van der Waals surface area contributed by atoms with Gasteiger partial charge in [-0.05, 0) is 29.8 Å². The number of benzene rings is 2. The lowest BCUT2D eigenvalue weighted by Crippen LogP contribution is -2.22. The highest BCUT2D eigenvalue weighted by Gasteiger charge is 2.77. The Hall–Kier alpha value is -3.05. The maximum atomic E-state index is 13.0. The number of fused-ring (bicyclic) bond motifs is 1. The summed E-state index contributed by atoms with van der Waals surface area (Å²) in [6.45, 7) is 0.0392. The van der Waals surface area contributed by atoms with E-state index in [-0.39, 0.29) is 11.7 Å². The molecule has 7 nitrogen and oxygen atoms in total. The van der Waals surface area contributed by atoms with E-state index >= 15 is 0 Å². The second kappa shape index (κ2) is 5.47. The smallest absolute Gasteiger partial charge is 0.326 e. The largest absolute Gasteiger partial charge is 0.480 e. The van der Waals surface area contributed by atoms with Crippen LogP contribution in [0.5, 0.6) is 11.5 Å². The van der Waals surface area contributed by atoms with Gasteiger partial charge in [-0.25, -0.2) is 8.42 Å². The number of nitrogens with zero attached hydrogens (tertiary/aromatic N) is 1. The molecule has 1 aliphatic heterocycles. The Balaban J connectivity index is 1.83. The molecule has 0 aromatic heterocycles. The fraction of sp³-hybridized carbons (Fsp3) is 0.222. The predicted octanol–water partition coefficient (Wildman–Crippen LogP) is 1.95. The van der Waals surface area contributed by atoms with Gasteiger partial charge in [0.15, 0.2) is 26.8 Å². The van der Waals surface area contributed by atoms with E-state index in [4.69, 9.17) is 9.47 Å². The second-order valence-electron chi connectivity index (χ2n) is 6.16. The lowest BCUT2D eigenvalue weighted by atomic mass is 10.0. The van der Waals surface area contributed by atoms with Gasteiger partial charge in [0, 0.05) is 5.92 Å². The maximum Gasteiger partial charge on any atom is 0.326 e. The Morgan fingerprint density at radius 1 is 1.15 bits per heavy atom. The Bertz CT molecular complexity index is 1040. The van der Waals surface area contributed by atoms with Crippen LogP contribution in [0, 0.1) is 16.7 Å².